The number of phenolic OH excluding ortho intramolecular Hbond substituents is 1. The van der Waals surface area contributed by atoms with Crippen molar-refractivity contribution in [1.82, 2.24) is 0 Å². The van der Waals surface area contributed by atoms with E-state index in [9.17, 15) is 14.7 Å². The van der Waals surface area contributed by atoms with Gasteiger partial charge in [0.15, 0.2) is 5.78 Å². The fourth-order valence-corrected chi connectivity index (χ4v) is 4.02. The van der Waals surface area contributed by atoms with Crippen LogP contribution in [-0.2, 0) is 16.8 Å². The number of Topliss-reactive ketones (excluding diaryl/α,β-unsaturated/α-hetero) is 1. The highest BCUT2D eigenvalue weighted by atomic mass is 16.5. The zero-order valence-corrected chi connectivity index (χ0v) is 14.9. The fraction of sp³-hybridized carbons (Fsp3) is 0.333. The molecular formula is C21H21NO4. The number of benzene rings is 2. The standard InChI is InChI=1S/C21H21NO4/c1-13(23)15-10-17-19(18(24)11-15)22(20(25)21(17)8-3-9-21)12-14-4-6-16(26-2)7-5-14/h4-7,10-11,24H,3,8-9,12H2,1-2H3. The Labute approximate surface area is 152 Å². The second kappa shape index (κ2) is 5.87. The summed E-state index contributed by atoms with van der Waals surface area (Å²) >= 11 is 0. The van der Waals surface area contributed by atoms with E-state index >= 15 is 0 Å². The van der Waals surface area contributed by atoms with E-state index in [0.29, 0.717) is 17.8 Å². The van der Waals surface area contributed by atoms with Crippen molar-refractivity contribution >= 4 is 17.4 Å². The maximum Gasteiger partial charge on any atom is 0.238 e. The summed E-state index contributed by atoms with van der Waals surface area (Å²) in [6, 6.07) is 10.8. The summed E-state index contributed by atoms with van der Waals surface area (Å²) in [6.45, 7) is 1.85. The van der Waals surface area contributed by atoms with Gasteiger partial charge < -0.3 is 14.7 Å². The summed E-state index contributed by atoms with van der Waals surface area (Å²) in [5, 5.41) is 10.6. The second-order valence-corrected chi connectivity index (χ2v) is 7.12. The summed E-state index contributed by atoms with van der Waals surface area (Å²) in [5.74, 6) is 0.661. The summed E-state index contributed by atoms with van der Waals surface area (Å²) < 4.78 is 5.18. The zero-order valence-electron chi connectivity index (χ0n) is 14.9. The van der Waals surface area contributed by atoms with E-state index in [1.54, 1.807) is 18.1 Å². The molecule has 1 saturated carbocycles. The van der Waals surface area contributed by atoms with E-state index in [1.165, 1.54) is 13.0 Å². The van der Waals surface area contributed by atoms with Gasteiger partial charge in [0.25, 0.3) is 0 Å². The van der Waals surface area contributed by atoms with Crippen LogP contribution >= 0.6 is 0 Å². The highest BCUT2D eigenvalue weighted by Gasteiger charge is 2.55. The van der Waals surface area contributed by atoms with Gasteiger partial charge in [0.05, 0.1) is 24.8 Å². The van der Waals surface area contributed by atoms with Gasteiger partial charge in [-0.15, -0.1) is 0 Å². The molecule has 134 valence electrons. The van der Waals surface area contributed by atoms with Crippen molar-refractivity contribution in [2.45, 2.75) is 38.1 Å². The number of nitrogens with zero attached hydrogens (tertiary/aromatic N) is 1. The molecule has 5 heteroatoms. The molecule has 0 unspecified atom stereocenters. The molecule has 0 aromatic heterocycles. The van der Waals surface area contributed by atoms with Crippen molar-refractivity contribution in [3.63, 3.8) is 0 Å². The van der Waals surface area contributed by atoms with E-state index < -0.39 is 5.41 Å². The largest absolute Gasteiger partial charge is 0.506 e. The summed E-state index contributed by atoms with van der Waals surface area (Å²) in [4.78, 5) is 26.7. The van der Waals surface area contributed by atoms with Gasteiger partial charge in [-0.05, 0) is 55.2 Å². The molecule has 4 rings (SSSR count). The number of rotatable bonds is 4. The predicted octanol–water partition coefficient (Wildman–Crippen LogP) is 3.57. The molecule has 1 aliphatic heterocycles. The van der Waals surface area contributed by atoms with Gasteiger partial charge in [0.2, 0.25) is 5.91 Å². The Morgan fingerprint density at radius 3 is 2.46 bits per heavy atom. The second-order valence-electron chi connectivity index (χ2n) is 7.12. The maximum absolute atomic E-state index is 13.2. The van der Waals surface area contributed by atoms with Gasteiger partial charge in [-0.2, -0.15) is 0 Å². The van der Waals surface area contributed by atoms with E-state index in [2.05, 4.69) is 0 Å². The van der Waals surface area contributed by atoms with Crippen LogP contribution in [0.3, 0.4) is 0 Å². The van der Waals surface area contributed by atoms with Gasteiger partial charge in [-0.1, -0.05) is 18.6 Å². The molecule has 1 spiro atoms. The smallest absolute Gasteiger partial charge is 0.238 e. The number of fused-ring (bicyclic) bond motifs is 2. The number of carbonyl (C=O) groups excluding carboxylic acids is 2. The van der Waals surface area contributed by atoms with Crippen molar-refractivity contribution < 1.29 is 19.4 Å². The number of ketones is 1. The Morgan fingerprint density at radius 1 is 1.23 bits per heavy atom. The Balaban J connectivity index is 1.77. The molecule has 2 aromatic rings. The number of carbonyl (C=O) groups is 2. The molecule has 1 N–H and O–H groups in total. The first-order valence-electron chi connectivity index (χ1n) is 8.79. The molecule has 1 aliphatic carbocycles. The number of phenols is 1. The molecule has 26 heavy (non-hydrogen) atoms. The van der Waals surface area contributed by atoms with E-state index in [1.807, 2.05) is 24.3 Å². The molecule has 1 heterocycles. The molecule has 2 aromatic carbocycles. The molecule has 1 fully saturated rings. The average molecular weight is 351 g/mol. The topological polar surface area (TPSA) is 66.8 Å². The van der Waals surface area contributed by atoms with Gasteiger partial charge in [0, 0.05) is 5.56 Å². The van der Waals surface area contributed by atoms with Gasteiger partial charge in [-0.25, -0.2) is 0 Å². The van der Waals surface area contributed by atoms with Crippen LogP contribution in [0, 0.1) is 0 Å². The molecule has 0 radical (unpaired) electrons. The number of hydrogen-bond donors (Lipinski definition) is 1. The van der Waals surface area contributed by atoms with Crippen LogP contribution < -0.4 is 9.64 Å². The van der Waals surface area contributed by atoms with Crippen LogP contribution in [0.4, 0.5) is 5.69 Å². The van der Waals surface area contributed by atoms with Crippen molar-refractivity contribution in [3.8, 4) is 11.5 Å². The minimum absolute atomic E-state index is 0.00154. The van der Waals surface area contributed by atoms with Gasteiger partial charge in [-0.3, -0.25) is 9.59 Å². The Kier molecular flexibility index (Phi) is 3.75. The lowest BCUT2D eigenvalue weighted by atomic mass is 9.65. The summed E-state index contributed by atoms with van der Waals surface area (Å²) in [6.07, 6.45) is 2.50. The molecule has 0 atom stereocenters. The number of anilines is 1. The van der Waals surface area contributed by atoms with E-state index in [-0.39, 0.29) is 17.4 Å². The predicted molar refractivity (Wildman–Crippen MR) is 97.8 cm³/mol. The SMILES string of the molecule is COc1ccc(CN2C(=O)C3(CCC3)c3cc(C(C)=O)cc(O)c32)cc1. The lowest BCUT2D eigenvalue weighted by Gasteiger charge is -2.37. The van der Waals surface area contributed by atoms with Crippen LogP contribution in [0.1, 0.15) is 47.7 Å². The van der Waals surface area contributed by atoms with Crippen LogP contribution in [0.25, 0.3) is 0 Å². The van der Waals surface area contributed by atoms with Crippen molar-refractivity contribution in [1.29, 1.82) is 0 Å². The number of amides is 1. The lowest BCUT2D eigenvalue weighted by molar-refractivity contribution is -0.126. The van der Waals surface area contributed by atoms with Gasteiger partial charge in [0.1, 0.15) is 11.5 Å². The third-order valence-corrected chi connectivity index (χ3v) is 5.64. The molecule has 1 amide bonds. The van der Waals surface area contributed by atoms with E-state index in [4.69, 9.17) is 4.74 Å². The number of ether oxygens (including phenoxy) is 1. The van der Waals surface area contributed by atoms with Gasteiger partial charge >= 0.3 is 0 Å². The average Bonchev–Trinajstić information content (AvgIpc) is 2.84. The lowest BCUT2D eigenvalue weighted by Crippen LogP contribution is -2.44. The normalized spacial score (nSPS) is 17.2. The molecule has 2 aliphatic rings. The number of methoxy groups -OCH3 is 1. The number of hydrogen-bond acceptors (Lipinski definition) is 4. The fourth-order valence-electron chi connectivity index (χ4n) is 4.02. The highest BCUT2D eigenvalue weighted by Crippen LogP contribution is 2.56. The molecule has 5 nitrogen and oxygen atoms in total. The third-order valence-electron chi connectivity index (χ3n) is 5.64. The zero-order chi connectivity index (χ0) is 18.5. The first-order chi connectivity index (χ1) is 12.5. The van der Waals surface area contributed by atoms with Crippen LogP contribution in [0.5, 0.6) is 11.5 Å². The Morgan fingerprint density at radius 2 is 1.92 bits per heavy atom. The molecule has 0 saturated heterocycles. The van der Waals surface area contributed by atoms with Crippen molar-refractivity contribution in [3.05, 3.63) is 53.1 Å². The molecular weight excluding hydrogens is 330 g/mol. The Hall–Kier alpha value is -2.82. The minimum atomic E-state index is -0.579. The minimum Gasteiger partial charge on any atom is -0.506 e. The van der Waals surface area contributed by atoms with Crippen LogP contribution in [0.2, 0.25) is 0 Å². The van der Waals surface area contributed by atoms with Crippen molar-refractivity contribution in [2.75, 3.05) is 12.0 Å². The summed E-state index contributed by atoms with van der Waals surface area (Å²) in [7, 11) is 1.61. The highest BCUT2D eigenvalue weighted by molar-refractivity contribution is 6.11. The third kappa shape index (κ3) is 2.30. The monoisotopic (exact) mass is 351 g/mol. The first kappa shape index (κ1) is 16.6. The Bertz CT molecular complexity index is 897. The molecule has 0 bridgehead atoms. The number of aromatic hydroxyl groups is 1. The van der Waals surface area contributed by atoms with Crippen LogP contribution in [0.15, 0.2) is 36.4 Å². The summed E-state index contributed by atoms with van der Waals surface area (Å²) in [5.41, 5.74) is 2.18. The quantitative estimate of drug-likeness (QED) is 0.855. The van der Waals surface area contributed by atoms with Crippen molar-refractivity contribution in [2.24, 2.45) is 0 Å². The first-order valence-corrected chi connectivity index (χ1v) is 8.79. The van der Waals surface area contributed by atoms with Crippen LogP contribution in [-0.4, -0.2) is 23.9 Å². The maximum atomic E-state index is 13.2. The van der Waals surface area contributed by atoms with E-state index in [0.717, 1.165) is 36.1 Å².